The van der Waals surface area contributed by atoms with Crippen molar-refractivity contribution in [3.63, 3.8) is 0 Å². The zero-order valence-electron chi connectivity index (χ0n) is 21.8. The van der Waals surface area contributed by atoms with Gasteiger partial charge in [0.25, 0.3) is 0 Å². The Bertz CT molecular complexity index is 1390. The third-order valence-corrected chi connectivity index (χ3v) is 7.71. The molecule has 5 rings (SSSR count). The normalized spacial score (nSPS) is 17.4. The summed E-state index contributed by atoms with van der Waals surface area (Å²) in [6, 6.07) is 22.0. The van der Waals surface area contributed by atoms with Crippen LogP contribution in [0.2, 0.25) is 10.0 Å². The van der Waals surface area contributed by atoms with E-state index >= 15 is 0 Å². The molecule has 1 heterocycles. The molecule has 0 spiro atoms. The molecule has 0 bridgehead atoms. The van der Waals surface area contributed by atoms with Gasteiger partial charge in [-0.15, -0.1) is 0 Å². The minimum atomic E-state index is 0.401. The minimum absolute atomic E-state index is 0.401. The second-order valence-electron chi connectivity index (χ2n) is 10.1. The van der Waals surface area contributed by atoms with Crippen LogP contribution in [0.4, 0.5) is 11.8 Å². The number of rotatable bonds is 9. The van der Waals surface area contributed by atoms with Crippen LogP contribution in [0.15, 0.2) is 66.7 Å². The summed E-state index contributed by atoms with van der Waals surface area (Å²) in [4.78, 5) is 11.6. The summed E-state index contributed by atoms with van der Waals surface area (Å²) in [5.74, 6) is 3.78. The number of aromatic nitrogens is 2. The van der Waals surface area contributed by atoms with Crippen molar-refractivity contribution in [3.8, 4) is 11.5 Å². The molecule has 1 aromatic heterocycles. The molecule has 0 atom stereocenters. The number of para-hydroxylation sites is 1. The highest BCUT2D eigenvalue weighted by Crippen LogP contribution is 2.30. The van der Waals surface area contributed by atoms with Crippen LogP contribution in [0, 0.1) is 5.92 Å². The van der Waals surface area contributed by atoms with E-state index in [0.717, 1.165) is 54.3 Å². The topological polar surface area (TPSA) is 62.3 Å². The molecule has 1 fully saturated rings. The molecule has 38 heavy (non-hydrogen) atoms. The van der Waals surface area contributed by atoms with E-state index < -0.39 is 0 Å². The molecule has 2 N–H and O–H groups in total. The maximum absolute atomic E-state index is 6.11. The summed E-state index contributed by atoms with van der Waals surface area (Å²) in [5.41, 5.74) is 2.15. The van der Waals surface area contributed by atoms with Gasteiger partial charge in [0.05, 0.1) is 15.6 Å². The van der Waals surface area contributed by atoms with Gasteiger partial charge in [-0.2, -0.15) is 4.98 Å². The van der Waals surface area contributed by atoms with Gasteiger partial charge in [-0.3, -0.25) is 0 Å². The maximum Gasteiger partial charge on any atom is 0.225 e. The summed E-state index contributed by atoms with van der Waals surface area (Å²) < 4.78 is 5.97. The van der Waals surface area contributed by atoms with Crippen LogP contribution in [0.3, 0.4) is 0 Å². The molecule has 198 valence electrons. The molecule has 0 amide bonds. The van der Waals surface area contributed by atoms with Gasteiger partial charge in [0, 0.05) is 38.1 Å². The summed E-state index contributed by atoms with van der Waals surface area (Å²) in [6.45, 7) is 1.80. The third kappa shape index (κ3) is 6.68. The average molecular weight is 551 g/mol. The Labute approximate surface area is 234 Å². The number of nitrogens with one attached hydrogen (secondary N) is 2. The standard InChI is InChI=1S/C30H33Cl2N5O/c1-37(2)29-25-8-3-4-9-28(25)35-30(36-29)34-22-12-10-20(11-13-22)18-33-19-21-6-5-7-23(16-21)38-24-14-15-26(31)27(32)17-24/h3-9,14-17,20,22,33H,10-13,18-19H2,1-2H3,(H,34,35,36)/t20-,22+. The minimum Gasteiger partial charge on any atom is -0.457 e. The maximum atomic E-state index is 6.11. The lowest BCUT2D eigenvalue weighted by Crippen LogP contribution is -2.31. The quantitative estimate of drug-likeness (QED) is 0.224. The summed E-state index contributed by atoms with van der Waals surface area (Å²) in [7, 11) is 4.05. The molecule has 0 unspecified atom stereocenters. The fraction of sp³-hybridized carbons (Fsp3) is 0.333. The first-order chi connectivity index (χ1) is 18.4. The van der Waals surface area contributed by atoms with E-state index in [9.17, 15) is 0 Å². The Morgan fingerprint density at radius 1 is 0.868 bits per heavy atom. The highest BCUT2D eigenvalue weighted by atomic mass is 35.5. The molecule has 3 aromatic carbocycles. The third-order valence-electron chi connectivity index (χ3n) is 6.97. The van der Waals surface area contributed by atoms with Crippen LogP contribution in [0.25, 0.3) is 10.9 Å². The number of hydrogen-bond donors (Lipinski definition) is 2. The molecular formula is C30H33Cl2N5O. The Morgan fingerprint density at radius 3 is 2.45 bits per heavy atom. The molecule has 0 saturated heterocycles. The molecule has 1 aliphatic carbocycles. The van der Waals surface area contributed by atoms with Gasteiger partial charge >= 0.3 is 0 Å². The lowest BCUT2D eigenvalue weighted by Gasteiger charge is -2.29. The molecule has 1 aliphatic rings. The predicted molar refractivity (Wildman–Crippen MR) is 158 cm³/mol. The van der Waals surface area contributed by atoms with Gasteiger partial charge in [-0.1, -0.05) is 47.5 Å². The molecule has 8 heteroatoms. The highest BCUT2D eigenvalue weighted by Gasteiger charge is 2.22. The number of benzene rings is 3. The van der Waals surface area contributed by atoms with Gasteiger partial charge in [0.2, 0.25) is 5.95 Å². The highest BCUT2D eigenvalue weighted by molar-refractivity contribution is 6.42. The molecule has 4 aromatic rings. The van der Waals surface area contributed by atoms with Crippen LogP contribution >= 0.6 is 23.2 Å². The van der Waals surface area contributed by atoms with Crippen molar-refractivity contribution in [1.29, 1.82) is 0 Å². The number of nitrogens with zero attached hydrogens (tertiary/aromatic N) is 3. The molecule has 1 saturated carbocycles. The van der Waals surface area contributed by atoms with Crippen LogP contribution in [0.1, 0.15) is 31.2 Å². The Kier molecular flexibility index (Phi) is 8.52. The molecule has 0 radical (unpaired) electrons. The monoisotopic (exact) mass is 549 g/mol. The first kappa shape index (κ1) is 26.5. The number of hydrogen-bond acceptors (Lipinski definition) is 6. The van der Waals surface area contributed by atoms with Gasteiger partial charge in [0.15, 0.2) is 0 Å². The number of anilines is 2. The largest absolute Gasteiger partial charge is 0.457 e. The first-order valence-electron chi connectivity index (χ1n) is 13.1. The number of halogens is 2. The second kappa shape index (κ2) is 12.2. The average Bonchev–Trinajstić information content (AvgIpc) is 2.91. The lowest BCUT2D eigenvalue weighted by molar-refractivity contribution is 0.323. The SMILES string of the molecule is CN(C)c1nc(N[C@H]2CC[C@@H](CNCc3cccc(Oc4ccc(Cl)c(Cl)c4)c3)CC2)nc2ccccc12. The summed E-state index contributed by atoms with van der Waals surface area (Å²) in [5, 5.41) is 9.31. The molecule has 0 aliphatic heterocycles. The van der Waals surface area contributed by atoms with Crippen LogP contribution in [-0.2, 0) is 6.54 Å². The van der Waals surface area contributed by atoms with E-state index in [4.69, 9.17) is 37.9 Å². The summed E-state index contributed by atoms with van der Waals surface area (Å²) >= 11 is 12.1. The van der Waals surface area contributed by atoms with Crippen LogP contribution in [-0.4, -0.2) is 36.6 Å². The van der Waals surface area contributed by atoms with Crippen LogP contribution < -0.4 is 20.3 Å². The van der Waals surface area contributed by atoms with Crippen molar-refractivity contribution < 1.29 is 4.74 Å². The van der Waals surface area contributed by atoms with Gasteiger partial charge in [0.1, 0.15) is 17.3 Å². The fourth-order valence-corrected chi connectivity index (χ4v) is 5.26. The smallest absolute Gasteiger partial charge is 0.225 e. The zero-order valence-corrected chi connectivity index (χ0v) is 23.3. The Morgan fingerprint density at radius 2 is 1.66 bits per heavy atom. The van der Waals surface area contributed by atoms with Crippen molar-refractivity contribution in [3.05, 3.63) is 82.3 Å². The first-order valence-corrected chi connectivity index (χ1v) is 13.8. The van der Waals surface area contributed by atoms with Crippen molar-refractivity contribution in [1.82, 2.24) is 15.3 Å². The number of ether oxygens (including phenoxy) is 1. The van der Waals surface area contributed by atoms with E-state index in [-0.39, 0.29) is 0 Å². The predicted octanol–water partition coefficient (Wildman–Crippen LogP) is 7.56. The van der Waals surface area contributed by atoms with E-state index in [1.54, 1.807) is 12.1 Å². The lowest BCUT2D eigenvalue weighted by atomic mass is 9.86. The van der Waals surface area contributed by atoms with E-state index in [1.807, 2.05) is 55.4 Å². The van der Waals surface area contributed by atoms with E-state index in [2.05, 4.69) is 28.8 Å². The van der Waals surface area contributed by atoms with E-state index in [0.29, 0.717) is 27.8 Å². The van der Waals surface area contributed by atoms with Crippen LogP contribution in [0.5, 0.6) is 11.5 Å². The van der Waals surface area contributed by atoms with Gasteiger partial charge in [-0.25, -0.2) is 4.98 Å². The van der Waals surface area contributed by atoms with Gasteiger partial charge in [-0.05, 0) is 80.1 Å². The molecule has 6 nitrogen and oxygen atoms in total. The number of fused-ring (bicyclic) bond motifs is 1. The summed E-state index contributed by atoms with van der Waals surface area (Å²) in [6.07, 6.45) is 4.60. The Balaban J connectivity index is 1.09. The van der Waals surface area contributed by atoms with Crippen molar-refractivity contribution >= 4 is 45.9 Å². The fourth-order valence-electron chi connectivity index (χ4n) is 4.97. The van der Waals surface area contributed by atoms with E-state index in [1.165, 1.54) is 18.4 Å². The Hall–Kier alpha value is -3.06. The zero-order chi connectivity index (χ0) is 26.5. The second-order valence-corrected chi connectivity index (χ2v) is 10.9. The van der Waals surface area contributed by atoms with Crippen molar-refractivity contribution in [2.75, 3.05) is 30.9 Å². The van der Waals surface area contributed by atoms with Gasteiger partial charge < -0.3 is 20.3 Å². The van der Waals surface area contributed by atoms with Crippen molar-refractivity contribution in [2.24, 2.45) is 5.92 Å². The molecular weight excluding hydrogens is 517 g/mol. The van der Waals surface area contributed by atoms with Crippen molar-refractivity contribution in [2.45, 2.75) is 38.3 Å².